The molecule has 2 aliphatic rings. The van der Waals surface area contributed by atoms with Gasteiger partial charge in [-0.3, -0.25) is 14.1 Å². The van der Waals surface area contributed by atoms with Crippen molar-refractivity contribution in [2.75, 3.05) is 13.1 Å². The van der Waals surface area contributed by atoms with Crippen molar-refractivity contribution in [1.29, 1.82) is 0 Å². The van der Waals surface area contributed by atoms with Crippen molar-refractivity contribution in [3.8, 4) is 11.3 Å². The lowest BCUT2D eigenvalue weighted by molar-refractivity contribution is 0.0396. The summed E-state index contributed by atoms with van der Waals surface area (Å²) in [6, 6.07) is 10.0. The minimum absolute atomic E-state index is 0.0117. The van der Waals surface area contributed by atoms with Crippen molar-refractivity contribution in [3.63, 3.8) is 0 Å². The van der Waals surface area contributed by atoms with Crippen molar-refractivity contribution in [1.82, 2.24) is 29.2 Å². The molecule has 9 heteroatoms. The predicted octanol–water partition coefficient (Wildman–Crippen LogP) is 4.14. The third-order valence-corrected chi connectivity index (χ3v) is 7.14. The molecule has 2 fully saturated rings. The summed E-state index contributed by atoms with van der Waals surface area (Å²) in [6.45, 7) is 5.93. The monoisotopic (exact) mass is 476 g/mol. The summed E-state index contributed by atoms with van der Waals surface area (Å²) in [5, 5.41) is 0.696. The number of benzene rings is 1. The quantitative estimate of drug-likeness (QED) is 0.440. The van der Waals surface area contributed by atoms with E-state index < -0.39 is 0 Å². The second kappa shape index (κ2) is 8.21. The highest BCUT2D eigenvalue weighted by molar-refractivity contribution is 6.30. The first kappa shape index (κ1) is 21.3. The van der Waals surface area contributed by atoms with Gasteiger partial charge in [-0.25, -0.2) is 15.0 Å². The molecular weight excluding hydrogens is 452 g/mol. The number of amides is 1. The average molecular weight is 477 g/mol. The number of aromatic nitrogens is 4. The summed E-state index contributed by atoms with van der Waals surface area (Å²) in [7, 11) is 0. The van der Waals surface area contributed by atoms with Crippen molar-refractivity contribution in [3.05, 3.63) is 70.8 Å². The fourth-order valence-electron chi connectivity index (χ4n) is 5.44. The van der Waals surface area contributed by atoms with E-state index in [4.69, 9.17) is 21.0 Å². The van der Waals surface area contributed by atoms with Gasteiger partial charge < -0.3 is 9.32 Å². The van der Waals surface area contributed by atoms with E-state index in [0.717, 1.165) is 49.4 Å². The van der Waals surface area contributed by atoms with Crippen LogP contribution < -0.4 is 0 Å². The predicted molar refractivity (Wildman–Crippen MR) is 128 cm³/mol. The average Bonchev–Trinajstić information content (AvgIpc) is 3.45. The molecule has 2 atom stereocenters. The van der Waals surface area contributed by atoms with E-state index in [2.05, 4.69) is 19.3 Å². The molecule has 1 amide bonds. The van der Waals surface area contributed by atoms with Crippen molar-refractivity contribution in [2.45, 2.75) is 45.3 Å². The Labute approximate surface area is 202 Å². The molecule has 8 nitrogen and oxygen atoms in total. The number of carbonyl (C=O) groups excluding carboxylic acids is 1. The van der Waals surface area contributed by atoms with E-state index in [1.165, 1.54) is 0 Å². The maximum atomic E-state index is 13.3. The zero-order chi connectivity index (χ0) is 23.4. The van der Waals surface area contributed by atoms with Gasteiger partial charge in [0.1, 0.15) is 5.76 Å². The number of piperazine rings is 1. The van der Waals surface area contributed by atoms with Crippen molar-refractivity contribution in [2.24, 2.45) is 0 Å². The van der Waals surface area contributed by atoms with E-state index in [0.29, 0.717) is 28.1 Å². The Bertz CT molecular complexity index is 1360. The molecule has 1 aromatic carbocycles. The van der Waals surface area contributed by atoms with E-state index >= 15 is 0 Å². The molecule has 0 aliphatic carbocycles. The van der Waals surface area contributed by atoms with Crippen LogP contribution in [-0.4, -0.2) is 60.2 Å². The molecule has 0 spiro atoms. The molecule has 2 saturated heterocycles. The first-order chi connectivity index (χ1) is 16.5. The smallest absolute Gasteiger partial charge is 0.276 e. The van der Waals surface area contributed by atoms with Crippen LogP contribution in [0, 0.1) is 13.8 Å². The first-order valence-corrected chi connectivity index (χ1v) is 11.9. The molecule has 3 aromatic heterocycles. The highest BCUT2D eigenvalue weighted by Crippen LogP contribution is 2.34. The van der Waals surface area contributed by atoms with Crippen molar-refractivity contribution >= 4 is 23.3 Å². The van der Waals surface area contributed by atoms with Gasteiger partial charge in [0.2, 0.25) is 5.78 Å². The van der Waals surface area contributed by atoms with Gasteiger partial charge in [0, 0.05) is 61.6 Å². The number of nitrogens with zero attached hydrogens (tertiary/aromatic N) is 6. The Morgan fingerprint density at radius 2 is 1.85 bits per heavy atom. The normalized spacial score (nSPS) is 20.4. The SMILES string of the molecule is Cc1nc(C(=O)N2C3CCC2CN(Cc2c(-c4ccc(Cl)cc4)nc4ncccn24)C3)c(C)o1. The maximum absolute atomic E-state index is 13.3. The van der Waals surface area contributed by atoms with Crippen LogP contribution >= 0.6 is 11.6 Å². The Balaban J connectivity index is 1.28. The van der Waals surface area contributed by atoms with Gasteiger partial charge in [0.15, 0.2) is 11.6 Å². The molecule has 5 heterocycles. The Kier molecular flexibility index (Phi) is 5.15. The number of hydrogen-bond acceptors (Lipinski definition) is 6. The van der Waals surface area contributed by atoms with Gasteiger partial charge in [-0.05, 0) is 38.0 Å². The molecule has 0 saturated carbocycles. The van der Waals surface area contributed by atoms with Gasteiger partial charge >= 0.3 is 0 Å². The Morgan fingerprint density at radius 1 is 1.12 bits per heavy atom. The molecule has 174 valence electrons. The third kappa shape index (κ3) is 3.58. The van der Waals surface area contributed by atoms with Gasteiger partial charge in [-0.2, -0.15) is 0 Å². The number of carbonyl (C=O) groups is 1. The molecule has 34 heavy (non-hydrogen) atoms. The van der Waals surface area contributed by atoms with Gasteiger partial charge in [-0.1, -0.05) is 23.7 Å². The Hall–Kier alpha value is -3.23. The number of imidazole rings is 1. The fourth-order valence-corrected chi connectivity index (χ4v) is 5.56. The van der Waals surface area contributed by atoms with Crippen LogP contribution in [0.4, 0.5) is 0 Å². The lowest BCUT2D eigenvalue weighted by atomic mass is 10.1. The summed E-state index contributed by atoms with van der Waals surface area (Å²) in [4.78, 5) is 31.4. The van der Waals surface area contributed by atoms with E-state index in [1.54, 1.807) is 13.1 Å². The minimum atomic E-state index is -0.0117. The molecule has 2 unspecified atom stereocenters. The summed E-state index contributed by atoms with van der Waals surface area (Å²) in [5.74, 6) is 1.79. The number of aryl methyl sites for hydroxylation is 2. The lowest BCUT2D eigenvalue weighted by Gasteiger charge is -2.40. The molecule has 0 radical (unpaired) electrons. The van der Waals surface area contributed by atoms with Crippen LogP contribution in [0.25, 0.3) is 17.0 Å². The second-order valence-electron chi connectivity index (χ2n) is 9.13. The third-order valence-electron chi connectivity index (χ3n) is 6.89. The molecular formula is C25H25ClN6O2. The van der Waals surface area contributed by atoms with E-state index in [1.807, 2.05) is 48.4 Å². The Morgan fingerprint density at radius 3 is 2.53 bits per heavy atom. The van der Waals surface area contributed by atoms with Crippen LogP contribution in [0.2, 0.25) is 5.02 Å². The summed E-state index contributed by atoms with van der Waals surface area (Å²) in [6.07, 6.45) is 5.77. The second-order valence-corrected chi connectivity index (χ2v) is 9.57. The topological polar surface area (TPSA) is 79.8 Å². The fraction of sp³-hybridized carbons (Fsp3) is 0.360. The number of fused-ring (bicyclic) bond motifs is 3. The number of likely N-dealkylation sites (tertiary alicyclic amines) is 1. The largest absolute Gasteiger partial charge is 0.445 e. The van der Waals surface area contributed by atoms with Crippen LogP contribution in [0.5, 0.6) is 0 Å². The zero-order valence-electron chi connectivity index (χ0n) is 19.1. The highest BCUT2D eigenvalue weighted by atomic mass is 35.5. The lowest BCUT2D eigenvalue weighted by Crippen LogP contribution is -2.55. The van der Waals surface area contributed by atoms with Gasteiger partial charge in [0.25, 0.3) is 5.91 Å². The molecule has 6 rings (SSSR count). The van der Waals surface area contributed by atoms with E-state index in [-0.39, 0.29) is 18.0 Å². The molecule has 4 aromatic rings. The van der Waals surface area contributed by atoms with E-state index in [9.17, 15) is 4.79 Å². The summed E-state index contributed by atoms with van der Waals surface area (Å²) >= 11 is 6.12. The zero-order valence-corrected chi connectivity index (χ0v) is 19.9. The van der Waals surface area contributed by atoms with Crippen molar-refractivity contribution < 1.29 is 9.21 Å². The van der Waals surface area contributed by atoms with Gasteiger partial charge in [-0.15, -0.1) is 0 Å². The number of rotatable bonds is 4. The molecule has 2 bridgehead atoms. The number of oxazole rings is 1. The number of hydrogen-bond donors (Lipinski definition) is 0. The minimum Gasteiger partial charge on any atom is -0.445 e. The molecule has 0 N–H and O–H groups in total. The highest BCUT2D eigenvalue weighted by Gasteiger charge is 2.44. The summed E-state index contributed by atoms with van der Waals surface area (Å²) in [5.41, 5.74) is 3.46. The summed E-state index contributed by atoms with van der Waals surface area (Å²) < 4.78 is 7.58. The van der Waals surface area contributed by atoms with Crippen LogP contribution in [0.3, 0.4) is 0 Å². The van der Waals surface area contributed by atoms with Crippen LogP contribution in [-0.2, 0) is 6.54 Å². The maximum Gasteiger partial charge on any atom is 0.276 e. The van der Waals surface area contributed by atoms with Crippen LogP contribution in [0.1, 0.15) is 40.7 Å². The standard InChI is InChI=1S/C25H25ClN6O2/c1-15-22(28-16(2)34-15)24(33)32-19-8-9-20(32)13-30(12-19)14-21-23(17-4-6-18(26)7-5-17)29-25-27-10-3-11-31(21)25/h3-7,10-11,19-20H,8-9,12-14H2,1-2H3. The first-order valence-electron chi connectivity index (χ1n) is 11.5. The van der Waals surface area contributed by atoms with Crippen LogP contribution in [0.15, 0.2) is 47.1 Å². The van der Waals surface area contributed by atoms with Gasteiger partial charge in [0.05, 0.1) is 11.4 Å². The molecule has 2 aliphatic heterocycles. The number of halogens is 1.